The van der Waals surface area contributed by atoms with E-state index in [1.54, 1.807) is 23.1 Å². The van der Waals surface area contributed by atoms with Crippen molar-refractivity contribution in [1.82, 2.24) is 4.90 Å². The van der Waals surface area contributed by atoms with E-state index < -0.39 is 10.0 Å². The molecule has 25 heavy (non-hydrogen) atoms. The number of amides is 1. The summed E-state index contributed by atoms with van der Waals surface area (Å²) in [6.45, 7) is 8.60. The van der Waals surface area contributed by atoms with E-state index in [2.05, 4.69) is 4.72 Å². The molecule has 0 saturated carbocycles. The Morgan fingerprint density at radius 1 is 1.00 bits per heavy atom. The van der Waals surface area contributed by atoms with Gasteiger partial charge in [0.25, 0.3) is 15.9 Å². The molecule has 0 atom stereocenters. The van der Waals surface area contributed by atoms with Gasteiger partial charge in [-0.25, -0.2) is 8.42 Å². The van der Waals surface area contributed by atoms with Crippen molar-refractivity contribution in [3.05, 3.63) is 59.2 Å². The predicted molar refractivity (Wildman–Crippen MR) is 100 cm³/mol. The molecule has 2 aromatic carbocycles. The molecule has 0 radical (unpaired) electrons. The van der Waals surface area contributed by atoms with Gasteiger partial charge in [0, 0.05) is 18.7 Å². The van der Waals surface area contributed by atoms with E-state index in [9.17, 15) is 13.2 Å². The number of para-hydroxylation sites is 1. The Morgan fingerprint density at radius 2 is 1.64 bits per heavy atom. The Hall–Kier alpha value is -2.34. The van der Waals surface area contributed by atoms with Crippen LogP contribution in [0.3, 0.4) is 0 Å². The van der Waals surface area contributed by atoms with Crippen LogP contribution in [0.25, 0.3) is 0 Å². The molecule has 5 nitrogen and oxygen atoms in total. The van der Waals surface area contributed by atoms with Crippen molar-refractivity contribution in [2.75, 3.05) is 17.8 Å². The van der Waals surface area contributed by atoms with E-state index in [0.717, 1.165) is 11.1 Å². The van der Waals surface area contributed by atoms with Gasteiger partial charge in [-0.3, -0.25) is 9.52 Å². The second-order valence-electron chi connectivity index (χ2n) is 5.87. The number of aryl methyl sites for hydroxylation is 2. The summed E-state index contributed by atoms with van der Waals surface area (Å²) < 4.78 is 28.0. The predicted octanol–water partition coefficient (Wildman–Crippen LogP) is 3.59. The standard InChI is InChI=1S/C19H24N2O3S/c1-5-21(6-2)19(22)17-13-16(12-11-14(17)3)25(23,24)20-18-10-8-7-9-15(18)4/h7-13,20H,5-6H2,1-4H3. The second-order valence-corrected chi connectivity index (χ2v) is 7.56. The quantitative estimate of drug-likeness (QED) is 0.856. The van der Waals surface area contributed by atoms with Gasteiger partial charge in [0.1, 0.15) is 0 Å². The molecule has 134 valence electrons. The lowest BCUT2D eigenvalue weighted by Gasteiger charge is -2.20. The molecule has 2 aromatic rings. The van der Waals surface area contributed by atoms with Crippen molar-refractivity contribution in [2.24, 2.45) is 0 Å². The maximum atomic E-state index is 12.7. The fourth-order valence-corrected chi connectivity index (χ4v) is 3.73. The fraction of sp³-hybridized carbons (Fsp3) is 0.316. The molecule has 0 fully saturated rings. The number of sulfonamides is 1. The minimum Gasteiger partial charge on any atom is -0.339 e. The Morgan fingerprint density at radius 3 is 2.24 bits per heavy atom. The first-order chi connectivity index (χ1) is 11.8. The van der Waals surface area contributed by atoms with Crippen LogP contribution in [0.4, 0.5) is 5.69 Å². The molecule has 6 heteroatoms. The average Bonchev–Trinajstić information content (AvgIpc) is 2.58. The summed E-state index contributed by atoms with van der Waals surface area (Å²) >= 11 is 0. The Bertz CT molecular complexity index is 872. The number of rotatable bonds is 6. The maximum absolute atomic E-state index is 12.7. The molecule has 2 rings (SSSR count). The van der Waals surface area contributed by atoms with E-state index in [-0.39, 0.29) is 10.8 Å². The van der Waals surface area contributed by atoms with Crippen LogP contribution >= 0.6 is 0 Å². The SMILES string of the molecule is CCN(CC)C(=O)c1cc(S(=O)(=O)Nc2ccccc2C)ccc1C. The van der Waals surface area contributed by atoms with E-state index in [4.69, 9.17) is 0 Å². The molecule has 0 aliphatic carbocycles. The van der Waals surface area contributed by atoms with Crippen LogP contribution in [0.15, 0.2) is 47.4 Å². The zero-order valence-corrected chi connectivity index (χ0v) is 15.9. The van der Waals surface area contributed by atoms with E-state index in [1.807, 2.05) is 39.8 Å². The van der Waals surface area contributed by atoms with Crippen LogP contribution < -0.4 is 4.72 Å². The van der Waals surface area contributed by atoms with E-state index in [1.165, 1.54) is 12.1 Å². The van der Waals surface area contributed by atoms with Crippen LogP contribution in [0, 0.1) is 13.8 Å². The van der Waals surface area contributed by atoms with Gasteiger partial charge in [0.05, 0.1) is 10.6 Å². The lowest BCUT2D eigenvalue weighted by Crippen LogP contribution is -2.31. The first-order valence-electron chi connectivity index (χ1n) is 8.28. The highest BCUT2D eigenvalue weighted by atomic mass is 32.2. The number of carbonyl (C=O) groups is 1. The van der Waals surface area contributed by atoms with Crippen LogP contribution in [0.5, 0.6) is 0 Å². The number of benzene rings is 2. The van der Waals surface area contributed by atoms with Crippen LogP contribution in [-0.4, -0.2) is 32.3 Å². The normalized spacial score (nSPS) is 11.2. The second kappa shape index (κ2) is 7.70. The molecule has 0 aliphatic rings. The monoisotopic (exact) mass is 360 g/mol. The summed E-state index contributed by atoms with van der Waals surface area (Å²) in [4.78, 5) is 14.4. The number of hydrogen-bond donors (Lipinski definition) is 1. The third-order valence-electron chi connectivity index (χ3n) is 4.19. The Labute approximate surface area is 149 Å². The van der Waals surface area contributed by atoms with Crippen molar-refractivity contribution in [3.8, 4) is 0 Å². The minimum atomic E-state index is -3.77. The summed E-state index contributed by atoms with van der Waals surface area (Å²) in [5, 5.41) is 0. The summed E-state index contributed by atoms with van der Waals surface area (Å²) in [5.41, 5.74) is 2.53. The van der Waals surface area contributed by atoms with Crippen LogP contribution in [0.1, 0.15) is 35.3 Å². The molecule has 0 spiro atoms. The van der Waals surface area contributed by atoms with Gasteiger partial charge in [0.2, 0.25) is 0 Å². The van der Waals surface area contributed by atoms with Crippen LogP contribution in [0.2, 0.25) is 0 Å². The van der Waals surface area contributed by atoms with Crippen molar-refractivity contribution < 1.29 is 13.2 Å². The zero-order chi connectivity index (χ0) is 18.6. The molecular weight excluding hydrogens is 336 g/mol. The van der Waals surface area contributed by atoms with Crippen molar-refractivity contribution >= 4 is 21.6 Å². The first kappa shape index (κ1) is 19.0. The highest BCUT2D eigenvalue weighted by molar-refractivity contribution is 7.92. The third-order valence-corrected chi connectivity index (χ3v) is 5.55. The van der Waals surface area contributed by atoms with Gasteiger partial charge < -0.3 is 4.90 Å². The number of nitrogens with zero attached hydrogens (tertiary/aromatic N) is 1. The van der Waals surface area contributed by atoms with Crippen molar-refractivity contribution in [1.29, 1.82) is 0 Å². The molecule has 0 aromatic heterocycles. The molecule has 0 unspecified atom stereocenters. The number of hydrogen-bond acceptors (Lipinski definition) is 3. The summed E-state index contributed by atoms with van der Waals surface area (Å²) in [6.07, 6.45) is 0. The number of anilines is 1. The first-order valence-corrected chi connectivity index (χ1v) is 9.76. The topological polar surface area (TPSA) is 66.5 Å². The van der Waals surface area contributed by atoms with Gasteiger partial charge in [0.15, 0.2) is 0 Å². The van der Waals surface area contributed by atoms with E-state index >= 15 is 0 Å². The zero-order valence-electron chi connectivity index (χ0n) is 15.0. The van der Waals surface area contributed by atoms with Gasteiger partial charge in [-0.1, -0.05) is 24.3 Å². The highest BCUT2D eigenvalue weighted by Gasteiger charge is 2.20. The molecule has 0 aliphatic heterocycles. The lowest BCUT2D eigenvalue weighted by atomic mass is 10.1. The molecule has 0 heterocycles. The van der Waals surface area contributed by atoms with Gasteiger partial charge in [-0.05, 0) is 57.0 Å². The molecule has 0 bridgehead atoms. The molecule has 0 saturated heterocycles. The third kappa shape index (κ3) is 4.20. The number of nitrogens with one attached hydrogen (secondary N) is 1. The van der Waals surface area contributed by atoms with Crippen molar-refractivity contribution in [2.45, 2.75) is 32.6 Å². The molecule has 1 N–H and O–H groups in total. The van der Waals surface area contributed by atoms with Gasteiger partial charge in [-0.15, -0.1) is 0 Å². The average molecular weight is 360 g/mol. The van der Waals surface area contributed by atoms with E-state index in [0.29, 0.717) is 24.3 Å². The summed E-state index contributed by atoms with van der Waals surface area (Å²) in [6, 6.07) is 11.8. The maximum Gasteiger partial charge on any atom is 0.261 e. The summed E-state index contributed by atoms with van der Waals surface area (Å²) in [7, 11) is -3.77. The smallest absolute Gasteiger partial charge is 0.261 e. The molecular formula is C19H24N2O3S. The largest absolute Gasteiger partial charge is 0.339 e. The molecule has 1 amide bonds. The Balaban J connectivity index is 2.41. The summed E-state index contributed by atoms with van der Waals surface area (Å²) in [5.74, 6) is -0.157. The highest BCUT2D eigenvalue weighted by Crippen LogP contribution is 2.22. The van der Waals surface area contributed by atoms with Crippen molar-refractivity contribution in [3.63, 3.8) is 0 Å². The van der Waals surface area contributed by atoms with Crippen LogP contribution in [-0.2, 0) is 10.0 Å². The van der Waals surface area contributed by atoms with Gasteiger partial charge in [-0.2, -0.15) is 0 Å². The number of carbonyl (C=O) groups excluding carboxylic acids is 1. The minimum absolute atomic E-state index is 0.0804. The van der Waals surface area contributed by atoms with Gasteiger partial charge >= 0.3 is 0 Å². The fourth-order valence-electron chi connectivity index (χ4n) is 2.57. The Kier molecular flexibility index (Phi) is 5.85. The lowest BCUT2D eigenvalue weighted by molar-refractivity contribution is 0.0772.